The van der Waals surface area contributed by atoms with Gasteiger partial charge in [-0.3, -0.25) is 9.59 Å². The molecule has 0 bridgehead atoms. The summed E-state index contributed by atoms with van der Waals surface area (Å²) in [7, 11) is 0. The first-order valence-corrected chi connectivity index (χ1v) is 9.18. The van der Waals surface area contributed by atoms with Crippen molar-refractivity contribution in [2.24, 2.45) is 11.8 Å². The number of amides is 3. The zero-order valence-corrected chi connectivity index (χ0v) is 14.5. The molecule has 1 heterocycles. The van der Waals surface area contributed by atoms with E-state index in [-0.39, 0.29) is 18.4 Å². The van der Waals surface area contributed by atoms with E-state index >= 15 is 0 Å². The maximum Gasteiger partial charge on any atom is 0.405 e. The molecule has 0 spiro atoms. The molecule has 2 rings (SSSR count). The molecule has 1 saturated heterocycles. The Balaban J connectivity index is 1.91. The molecule has 1 aliphatic carbocycles. The van der Waals surface area contributed by atoms with Crippen molar-refractivity contribution in [1.82, 2.24) is 16.0 Å². The molecular formula is C17H29N3O5. The number of nitrogens with one attached hydrogen (secondary N) is 3. The van der Waals surface area contributed by atoms with Crippen molar-refractivity contribution >= 4 is 17.9 Å². The number of carboxylic acid groups (broad SMARTS) is 1. The monoisotopic (exact) mass is 355 g/mol. The van der Waals surface area contributed by atoms with E-state index in [4.69, 9.17) is 5.11 Å². The number of aliphatic hydroxyl groups is 1. The normalized spacial score (nSPS) is 23.6. The summed E-state index contributed by atoms with van der Waals surface area (Å²) >= 11 is 0. The molecule has 1 aliphatic heterocycles. The lowest BCUT2D eigenvalue weighted by Crippen LogP contribution is -2.51. The molecule has 0 radical (unpaired) electrons. The van der Waals surface area contributed by atoms with Gasteiger partial charge in [0.25, 0.3) is 0 Å². The van der Waals surface area contributed by atoms with E-state index < -0.39 is 24.1 Å². The van der Waals surface area contributed by atoms with Gasteiger partial charge in [0.1, 0.15) is 6.04 Å². The average molecular weight is 355 g/mol. The van der Waals surface area contributed by atoms with Gasteiger partial charge < -0.3 is 26.2 Å². The molecule has 8 heteroatoms. The Morgan fingerprint density at radius 1 is 1.12 bits per heavy atom. The summed E-state index contributed by atoms with van der Waals surface area (Å²) in [5.41, 5.74) is 0. The zero-order chi connectivity index (χ0) is 18.2. The van der Waals surface area contributed by atoms with Gasteiger partial charge in [0, 0.05) is 12.5 Å². The molecule has 25 heavy (non-hydrogen) atoms. The van der Waals surface area contributed by atoms with Crippen LogP contribution in [0.2, 0.25) is 0 Å². The Labute approximate surface area is 147 Å². The number of carbonyl (C=O) groups is 3. The van der Waals surface area contributed by atoms with Crippen molar-refractivity contribution in [3.8, 4) is 0 Å². The number of carbonyl (C=O) groups excluding carboxylic acids is 2. The first kappa shape index (κ1) is 19.5. The van der Waals surface area contributed by atoms with Crippen molar-refractivity contribution in [1.29, 1.82) is 0 Å². The fraction of sp³-hybridized carbons (Fsp3) is 0.824. The Morgan fingerprint density at radius 3 is 2.40 bits per heavy atom. The van der Waals surface area contributed by atoms with Crippen LogP contribution in [-0.4, -0.2) is 53.4 Å². The van der Waals surface area contributed by atoms with Gasteiger partial charge in [-0.2, -0.15) is 0 Å². The van der Waals surface area contributed by atoms with Crippen molar-refractivity contribution in [3.05, 3.63) is 0 Å². The number of hydrogen-bond acceptors (Lipinski definition) is 4. The molecule has 2 aliphatic rings. The van der Waals surface area contributed by atoms with Crippen LogP contribution in [0, 0.1) is 11.8 Å². The fourth-order valence-electron chi connectivity index (χ4n) is 3.83. The Kier molecular flexibility index (Phi) is 7.49. The van der Waals surface area contributed by atoms with Gasteiger partial charge in [0.05, 0.1) is 12.6 Å². The largest absolute Gasteiger partial charge is 0.465 e. The van der Waals surface area contributed by atoms with Crippen LogP contribution >= 0.6 is 0 Å². The molecule has 3 atom stereocenters. The maximum absolute atomic E-state index is 12.5. The molecule has 1 saturated carbocycles. The molecule has 2 fully saturated rings. The van der Waals surface area contributed by atoms with Crippen LogP contribution in [0.1, 0.15) is 51.4 Å². The van der Waals surface area contributed by atoms with Crippen LogP contribution in [0.4, 0.5) is 4.79 Å². The first-order chi connectivity index (χ1) is 12.0. The van der Waals surface area contributed by atoms with Gasteiger partial charge in [0.15, 0.2) is 0 Å². The Bertz CT molecular complexity index is 479. The van der Waals surface area contributed by atoms with E-state index in [1.165, 1.54) is 6.42 Å². The topological polar surface area (TPSA) is 128 Å². The summed E-state index contributed by atoms with van der Waals surface area (Å²) in [5.74, 6) is -0.369. The van der Waals surface area contributed by atoms with Crippen LogP contribution in [0.5, 0.6) is 0 Å². The minimum atomic E-state index is -1.23. The van der Waals surface area contributed by atoms with E-state index in [1.807, 2.05) is 0 Å². The summed E-state index contributed by atoms with van der Waals surface area (Å²) in [6.07, 6.45) is 5.72. The SMILES string of the molecule is O=C(O)NC(CC1CCCCC1)C(=O)NC(CO)CC1CCNC1=O. The molecule has 0 aromatic carbocycles. The quantitative estimate of drug-likeness (QED) is 0.435. The lowest BCUT2D eigenvalue weighted by atomic mass is 9.84. The lowest BCUT2D eigenvalue weighted by molar-refractivity contribution is -0.126. The van der Waals surface area contributed by atoms with E-state index in [2.05, 4.69) is 16.0 Å². The molecule has 3 unspecified atom stereocenters. The Morgan fingerprint density at radius 2 is 1.84 bits per heavy atom. The van der Waals surface area contributed by atoms with Crippen molar-refractivity contribution in [3.63, 3.8) is 0 Å². The van der Waals surface area contributed by atoms with Crippen LogP contribution in [0.3, 0.4) is 0 Å². The molecule has 142 valence electrons. The second-order valence-electron chi connectivity index (χ2n) is 7.14. The molecule has 5 N–H and O–H groups in total. The minimum absolute atomic E-state index is 0.0601. The molecule has 3 amide bonds. The predicted molar refractivity (Wildman–Crippen MR) is 90.9 cm³/mol. The van der Waals surface area contributed by atoms with Gasteiger partial charge in [-0.1, -0.05) is 32.1 Å². The van der Waals surface area contributed by atoms with Crippen molar-refractivity contribution in [2.45, 2.75) is 63.5 Å². The standard InChI is InChI=1S/C17H29N3O5/c21-10-13(9-12-6-7-18-15(12)22)19-16(23)14(20-17(24)25)8-11-4-2-1-3-5-11/h11-14,20-21H,1-10H2,(H,18,22)(H,19,23)(H,24,25). The highest BCUT2D eigenvalue weighted by Crippen LogP contribution is 2.27. The molecule has 8 nitrogen and oxygen atoms in total. The zero-order valence-electron chi connectivity index (χ0n) is 14.5. The second kappa shape index (κ2) is 9.60. The molecule has 0 aromatic rings. The van der Waals surface area contributed by atoms with E-state index in [0.29, 0.717) is 31.7 Å². The van der Waals surface area contributed by atoms with Crippen LogP contribution in [-0.2, 0) is 9.59 Å². The van der Waals surface area contributed by atoms with Crippen LogP contribution < -0.4 is 16.0 Å². The van der Waals surface area contributed by atoms with Crippen LogP contribution in [0.25, 0.3) is 0 Å². The molecular weight excluding hydrogens is 326 g/mol. The number of hydrogen-bond donors (Lipinski definition) is 5. The first-order valence-electron chi connectivity index (χ1n) is 9.18. The van der Waals surface area contributed by atoms with Gasteiger partial charge in [0.2, 0.25) is 11.8 Å². The van der Waals surface area contributed by atoms with Crippen LogP contribution in [0.15, 0.2) is 0 Å². The third-order valence-electron chi connectivity index (χ3n) is 5.21. The number of aliphatic hydroxyl groups excluding tert-OH is 1. The Hall–Kier alpha value is -1.83. The van der Waals surface area contributed by atoms with E-state index in [1.54, 1.807) is 0 Å². The highest BCUT2D eigenvalue weighted by molar-refractivity contribution is 5.85. The van der Waals surface area contributed by atoms with Crippen molar-refractivity contribution < 1.29 is 24.6 Å². The summed E-state index contributed by atoms with van der Waals surface area (Å²) in [6, 6.07) is -1.38. The van der Waals surface area contributed by atoms with Gasteiger partial charge >= 0.3 is 6.09 Å². The second-order valence-corrected chi connectivity index (χ2v) is 7.14. The van der Waals surface area contributed by atoms with Gasteiger partial charge in [-0.25, -0.2) is 4.79 Å². The summed E-state index contributed by atoms with van der Waals surface area (Å²) in [4.78, 5) is 35.2. The fourth-order valence-corrected chi connectivity index (χ4v) is 3.83. The van der Waals surface area contributed by atoms with E-state index in [9.17, 15) is 19.5 Å². The summed E-state index contributed by atoms with van der Waals surface area (Å²) < 4.78 is 0. The van der Waals surface area contributed by atoms with E-state index in [0.717, 1.165) is 25.7 Å². The molecule has 0 aromatic heterocycles. The predicted octanol–water partition coefficient (Wildman–Crippen LogP) is 0.596. The lowest BCUT2D eigenvalue weighted by Gasteiger charge is -2.27. The maximum atomic E-state index is 12.5. The summed E-state index contributed by atoms with van der Waals surface area (Å²) in [6.45, 7) is 0.333. The third kappa shape index (κ3) is 6.19. The number of rotatable bonds is 8. The smallest absolute Gasteiger partial charge is 0.405 e. The van der Waals surface area contributed by atoms with Gasteiger partial charge in [-0.05, 0) is 25.2 Å². The highest BCUT2D eigenvalue weighted by Gasteiger charge is 2.30. The average Bonchev–Trinajstić information content (AvgIpc) is 2.99. The highest BCUT2D eigenvalue weighted by atomic mass is 16.4. The third-order valence-corrected chi connectivity index (χ3v) is 5.21. The van der Waals surface area contributed by atoms with Gasteiger partial charge in [-0.15, -0.1) is 0 Å². The minimum Gasteiger partial charge on any atom is -0.465 e. The summed E-state index contributed by atoms with van der Waals surface area (Å²) in [5, 5.41) is 26.3. The van der Waals surface area contributed by atoms with Crippen molar-refractivity contribution in [2.75, 3.05) is 13.2 Å².